The number of hydrogen-bond acceptors (Lipinski definition) is 5. The highest BCUT2D eigenvalue weighted by molar-refractivity contribution is 6.05. The summed E-state index contributed by atoms with van der Waals surface area (Å²) in [6.45, 7) is 2.52. The molecule has 2 heterocycles. The van der Waals surface area contributed by atoms with Gasteiger partial charge in [0.2, 0.25) is 5.55 Å². The summed E-state index contributed by atoms with van der Waals surface area (Å²) in [6.07, 6.45) is 0. The maximum Gasteiger partial charge on any atom is 0.261 e. The number of imidazole rings is 1. The van der Waals surface area contributed by atoms with Crippen LogP contribution in [0, 0.1) is 0 Å². The number of carbonyl (C=O) groups is 1. The van der Waals surface area contributed by atoms with E-state index in [0.29, 0.717) is 29.1 Å². The third-order valence-corrected chi connectivity index (χ3v) is 6.08. The van der Waals surface area contributed by atoms with Gasteiger partial charge in [-0.05, 0) is 79.7 Å². The summed E-state index contributed by atoms with van der Waals surface area (Å²) < 4.78 is 11.6. The molecule has 2 aromatic heterocycles. The first kappa shape index (κ1) is 23.2. The molecule has 0 radical (unpaired) electrons. The van der Waals surface area contributed by atoms with Crippen molar-refractivity contribution in [1.82, 2.24) is 9.97 Å². The van der Waals surface area contributed by atoms with Gasteiger partial charge < -0.3 is 19.5 Å². The molecular formula is C31H24N4O3. The Balaban J connectivity index is 1.31. The molecule has 0 bridgehead atoms. The maximum absolute atomic E-state index is 13.4. The van der Waals surface area contributed by atoms with Crippen LogP contribution in [0.5, 0.6) is 5.75 Å². The Morgan fingerprint density at radius 2 is 1.71 bits per heavy atom. The van der Waals surface area contributed by atoms with E-state index in [1.165, 1.54) is 0 Å². The number of carbonyl (C=O) groups excluding carboxylic acids is 1. The van der Waals surface area contributed by atoms with Crippen molar-refractivity contribution in [2.45, 2.75) is 6.92 Å². The number of para-hydroxylation sites is 3. The van der Waals surface area contributed by atoms with Crippen LogP contribution in [-0.4, -0.2) is 22.5 Å². The van der Waals surface area contributed by atoms with Crippen molar-refractivity contribution in [2.75, 3.05) is 11.9 Å². The Hall–Kier alpha value is -5.17. The number of aromatic amines is 1. The second-order valence-electron chi connectivity index (χ2n) is 8.68. The highest BCUT2D eigenvalue weighted by Crippen LogP contribution is 2.23. The van der Waals surface area contributed by atoms with Crippen LogP contribution >= 0.6 is 0 Å². The molecular weight excluding hydrogens is 476 g/mol. The zero-order valence-electron chi connectivity index (χ0n) is 20.6. The number of ether oxygens (including phenoxy) is 1. The van der Waals surface area contributed by atoms with Gasteiger partial charge in [-0.2, -0.15) is 0 Å². The van der Waals surface area contributed by atoms with Gasteiger partial charge >= 0.3 is 0 Å². The van der Waals surface area contributed by atoms with Gasteiger partial charge in [0.1, 0.15) is 22.7 Å². The van der Waals surface area contributed by atoms with Crippen LogP contribution < -0.4 is 15.6 Å². The molecule has 0 saturated heterocycles. The Morgan fingerprint density at radius 3 is 2.50 bits per heavy atom. The van der Waals surface area contributed by atoms with Crippen LogP contribution in [0.4, 0.5) is 11.4 Å². The minimum absolute atomic E-state index is 0.226. The standard InChI is InChI=1S/C31H24N4O3/c1-2-37-24-17-15-23(16-18-24)33-31-25(19-21-7-3-6-10-28(21)38-31)30(36)32-22-13-11-20(12-14-22)29-34-26-8-4-5-9-27(26)35-29/h3-19H,2H2,1H3,(H,32,36)(H,34,35). The summed E-state index contributed by atoms with van der Waals surface area (Å²) >= 11 is 0. The summed E-state index contributed by atoms with van der Waals surface area (Å²) in [5.74, 6) is 1.21. The van der Waals surface area contributed by atoms with Crippen molar-refractivity contribution >= 4 is 39.3 Å². The molecule has 38 heavy (non-hydrogen) atoms. The lowest BCUT2D eigenvalue weighted by molar-refractivity contribution is 0.102. The SMILES string of the molecule is CCOc1ccc(N=c2oc3ccccc3cc2C(=O)Nc2ccc(-c3nc4ccccc4[nH]3)cc2)cc1. The molecule has 0 aliphatic rings. The van der Waals surface area contributed by atoms with E-state index >= 15 is 0 Å². The molecule has 0 fully saturated rings. The van der Waals surface area contributed by atoms with E-state index in [-0.39, 0.29) is 11.5 Å². The lowest BCUT2D eigenvalue weighted by Gasteiger charge is -2.08. The Labute approximate surface area is 218 Å². The minimum Gasteiger partial charge on any atom is -0.494 e. The number of benzene rings is 4. The van der Waals surface area contributed by atoms with E-state index in [0.717, 1.165) is 33.6 Å². The number of rotatable bonds is 6. The Kier molecular flexibility index (Phi) is 6.16. The minimum atomic E-state index is -0.319. The van der Waals surface area contributed by atoms with E-state index in [4.69, 9.17) is 9.15 Å². The summed E-state index contributed by atoms with van der Waals surface area (Å²) in [5, 5.41) is 3.78. The molecule has 0 saturated carbocycles. The molecule has 6 rings (SSSR count). The third-order valence-electron chi connectivity index (χ3n) is 6.08. The summed E-state index contributed by atoms with van der Waals surface area (Å²) in [7, 11) is 0. The molecule has 7 nitrogen and oxygen atoms in total. The van der Waals surface area contributed by atoms with Crippen molar-refractivity contribution in [3.8, 4) is 17.1 Å². The zero-order chi connectivity index (χ0) is 25.9. The fourth-order valence-electron chi connectivity index (χ4n) is 4.22. The van der Waals surface area contributed by atoms with E-state index < -0.39 is 0 Å². The van der Waals surface area contributed by atoms with E-state index in [1.54, 1.807) is 6.07 Å². The average Bonchev–Trinajstić information content (AvgIpc) is 3.39. The van der Waals surface area contributed by atoms with Crippen LogP contribution in [0.1, 0.15) is 17.3 Å². The first-order chi connectivity index (χ1) is 18.7. The van der Waals surface area contributed by atoms with Crippen LogP contribution in [0.3, 0.4) is 0 Å². The smallest absolute Gasteiger partial charge is 0.261 e. The third kappa shape index (κ3) is 4.77. The Bertz CT molecular complexity index is 1780. The van der Waals surface area contributed by atoms with E-state index in [1.807, 2.05) is 104 Å². The molecule has 186 valence electrons. The van der Waals surface area contributed by atoms with Gasteiger partial charge in [0.05, 0.1) is 23.3 Å². The van der Waals surface area contributed by atoms with Gasteiger partial charge in [-0.25, -0.2) is 9.98 Å². The molecule has 1 amide bonds. The van der Waals surface area contributed by atoms with Gasteiger partial charge in [-0.1, -0.05) is 30.3 Å². The summed E-state index contributed by atoms with van der Waals surface area (Å²) in [4.78, 5) is 26.0. The number of amides is 1. The van der Waals surface area contributed by atoms with Crippen molar-refractivity contribution in [2.24, 2.45) is 4.99 Å². The average molecular weight is 501 g/mol. The Morgan fingerprint density at radius 1 is 0.947 bits per heavy atom. The maximum atomic E-state index is 13.4. The molecule has 7 heteroatoms. The van der Waals surface area contributed by atoms with Gasteiger partial charge in [-0.3, -0.25) is 4.79 Å². The number of fused-ring (bicyclic) bond motifs is 2. The quantitative estimate of drug-likeness (QED) is 0.261. The normalized spacial score (nSPS) is 11.7. The number of anilines is 1. The predicted octanol–water partition coefficient (Wildman–Crippen LogP) is 6.86. The molecule has 4 aromatic carbocycles. The van der Waals surface area contributed by atoms with Gasteiger partial charge in [0.25, 0.3) is 5.91 Å². The first-order valence-corrected chi connectivity index (χ1v) is 12.3. The van der Waals surface area contributed by atoms with Crippen molar-refractivity contribution < 1.29 is 13.9 Å². The fourth-order valence-corrected chi connectivity index (χ4v) is 4.22. The number of aromatic nitrogens is 2. The predicted molar refractivity (Wildman–Crippen MR) is 149 cm³/mol. The van der Waals surface area contributed by atoms with E-state index in [2.05, 4.69) is 20.3 Å². The van der Waals surface area contributed by atoms with Gasteiger partial charge in [-0.15, -0.1) is 0 Å². The number of hydrogen-bond donors (Lipinski definition) is 2. The molecule has 0 spiro atoms. The summed E-state index contributed by atoms with van der Waals surface area (Å²) in [5.41, 5.74) is 5.30. The zero-order valence-corrected chi connectivity index (χ0v) is 20.6. The number of H-pyrrole nitrogens is 1. The summed E-state index contributed by atoms with van der Waals surface area (Å²) in [6, 6.07) is 32.1. The second kappa shape index (κ2) is 10.1. The van der Waals surface area contributed by atoms with Crippen LogP contribution in [0.2, 0.25) is 0 Å². The van der Waals surface area contributed by atoms with Gasteiger partial charge in [0, 0.05) is 16.6 Å². The molecule has 0 unspecified atom stereocenters. The largest absolute Gasteiger partial charge is 0.494 e. The topological polar surface area (TPSA) is 92.5 Å². The molecule has 0 aliphatic heterocycles. The molecule has 6 aromatic rings. The van der Waals surface area contributed by atoms with Crippen LogP contribution in [0.15, 0.2) is 113 Å². The van der Waals surface area contributed by atoms with Crippen LogP contribution in [-0.2, 0) is 0 Å². The number of nitrogens with zero attached hydrogens (tertiary/aromatic N) is 2. The monoisotopic (exact) mass is 500 g/mol. The van der Waals surface area contributed by atoms with E-state index in [9.17, 15) is 4.79 Å². The molecule has 0 atom stereocenters. The second-order valence-corrected chi connectivity index (χ2v) is 8.68. The lowest BCUT2D eigenvalue weighted by atomic mass is 10.1. The van der Waals surface area contributed by atoms with Crippen molar-refractivity contribution in [1.29, 1.82) is 0 Å². The highest BCUT2D eigenvalue weighted by atomic mass is 16.5. The molecule has 2 N–H and O–H groups in total. The highest BCUT2D eigenvalue weighted by Gasteiger charge is 2.14. The van der Waals surface area contributed by atoms with Crippen molar-refractivity contribution in [3.63, 3.8) is 0 Å². The first-order valence-electron chi connectivity index (χ1n) is 12.3. The van der Waals surface area contributed by atoms with Crippen molar-refractivity contribution in [3.05, 3.63) is 114 Å². The lowest BCUT2D eigenvalue weighted by Crippen LogP contribution is -2.21. The van der Waals surface area contributed by atoms with Crippen LogP contribution in [0.25, 0.3) is 33.4 Å². The molecule has 0 aliphatic carbocycles. The number of nitrogens with one attached hydrogen (secondary N) is 2. The fraction of sp³-hybridized carbons (Fsp3) is 0.0645. The van der Waals surface area contributed by atoms with Gasteiger partial charge in [0.15, 0.2) is 0 Å².